The minimum absolute atomic E-state index is 0.181. The molecule has 10 heteroatoms. The Morgan fingerprint density at radius 3 is 2.46 bits per heavy atom. The summed E-state index contributed by atoms with van der Waals surface area (Å²) < 4.78 is 18.2. The topological polar surface area (TPSA) is 102 Å². The van der Waals surface area contributed by atoms with Crippen LogP contribution in [0.1, 0.15) is 49.9 Å². The molecule has 0 amide bonds. The van der Waals surface area contributed by atoms with Gasteiger partial charge in [0.25, 0.3) is 0 Å². The van der Waals surface area contributed by atoms with Crippen molar-refractivity contribution in [3.63, 3.8) is 0 Å². The van der Waals surface area contributed by atoms with Crippen LogP contribution in [0, 0.1) is 34.0 Å². The van der Waals surface area contributed by atoms with Crippen LogP contribution >= 0.6 is 23.2 Å². The van der Waals surface area contributed by atoms with E-state index in [0.717, 1.165) is 12.1 Å². The normalized spacial score (nSPS) is 38.5. The molecule has 3 aliphatic carbocycles. The van der Waals surface area contributed by atoms with E-state index in [4.69, 9.17) is 37.4 Å². The molecule has 6 rings (SSSR count). The SMILES string of the molecule is C=C1C(=O)[C@@]23C(=O)O[C@H]4CCC(C)(C)[C@H]5[C@H](O)OC[C@@]45[C@@H]2CC[C@@H]1[C@H]3OC(=O)c1ccc(N(CCCl)CCCl)cc1. The number of aliphatic hydroxyl groups is 1. The first kappa shape index (κ1) is 29.0. The molecule has 2 bridgehead atoms. The maximum Gasteiger partial charge on any atom is 0.338 e. The maximum atomic E-state index is 14.1. The van der Waals surface area contributed by atoms with Gasteiger partial charge in [0.05, 0.1) is 12.2 Å². The second-order valence-electron chi connectivity index (χ2n) is 12.9. The molecule has 5 fully saturated rings. The fourth-order valence-corrected chi connectivity index (χ4v) is 9.46. The molecule has 0 radical (unpaired) electrons. The second-order valence-corrected chi connectivity index (χ2v) is 13.7. The molecule has 5 aliphatic rings. The van der Waals surface area contributed by atoms with E-state index >= 15 is 0 Å². The number of Topliss-reactive ketones (excluding diaryl/α,β-unsaturated/α-hetero) is 1. The Balaban J connectivity index is 1.36. The standard InChI is InChI=1S/C31H37Cl2NO7/c1-17-20-8-9-21-30-16-39-27(37)23(30)29(2,3)11-10-22(30)40-28(38)31(21,24(17)35)25(20)41-26(36)18-4-6-19(7-5-18)34(14-12-32)15-13-33/h4-7,20-23,25,27,37H,1,8-16H2,2-3H3/t20-,21-,22-,23+,25+,27+,30+,31-/m0/s1. The zero-order valence-electron chi connectivity index (χ0n) is 23.4. The lowest BCUT2D eigenvalue weighted by Crippen LogP contribution is -2.71. The Hall–Kier alpha value is -2.13. The average molecular weight is 607 g/mol. The van der Waals surface area contributed by atoms with Crippen LogP contribution in [0.2, 0.25) is 0 Å². The number of ether oxygens (including phenoxy) is 3. The Kier molecular flexibility index (Phi) is 7.24. The van der Waals surface area contributed by atoms with Gasteiger partial charge in [0, 0.05) is 47.8 Å². The number of rotatable bonds is 7. The zero-order chi connectivity index (χ0) is 29.3. The van der Waals surface area contributed by atoms with Crippen molar-refractivity contribution in [2.24, 2.45) is 34.0 Å². The first-order valence-corrected chi connectivity index (χ1v) is 15.5. The zero-order valence-corrected chi connectivity index (χ0v) is 25.0. The van der Waals surface area contributed by atoms with E-state index in [-0.39, 0.29) is 17.9 Å². The summed E-state index contributed by atoms with van der Waals surface area (Å²) in [5.41, 5.74) is -1.30. The van der Waals surface area contributed by atoms with Crippen molar-refractivity contribution >= 4 is 46.6 Å². The first-order valence-electron chi connectivity index (χ1n) is 14.5. The smallest absolute Gasteiger partial charge is 0.338 e. The number of anilines is 1. The van der Waals surface area contributed by atoms with Crippen LogP contribution in [0.15, 0.2) is 36.4 Å². The molecule has 8 atom stereocenters. The molecule has 222 valence electrons. The fourth-order valence-electron chi connectivity index (χ4n) is 9.06. The van der Waals surface area contributed by atoms with Crippen LogP contribution in [0.4, 0.5) is 5.69 Å². The maximum absolute atomic E-state index is 14.1. The average Bonchev–Trinajstić information content (AvgIpc) is 3.36. The van der Waals surface area contributed by atoms with Crippen LogP contribution in [0.25, 0.3) is 0 Å². The number of carbonyl (C=O) groups excluding carboxylic acids is 3. The van der Waals surface area contributed by atoms with Crippen molar-refractivity contribution in [2.45, 2.75) is 58.0 Å². The molecule has 1 aromatic carbocycles. The summed E-state index contributed by atoms with van der Waals surface area (Å²) >= 11 is 11.9. The Morgan fingerprint density at radius 1 is 1.12 bits per heavy atom. The van der Waals surface area contributed by atoms with Crippen molar-refractivity contribution in [3.8, 4) is 0 Å². The van der Waals surface area contributed by atoms with Gasteiger partial charge >= 0.3 is 11.9 Å². The highest BCUT2D eigenvalue weighted by molar-refractivity contribution is 6.19. The van der Waals surface area contributed by atoms with Gasteiger partial charge in [-0.05, 0) is 66.9 Å². The summed E-state index contributed by atoms with van der Waals surface area (Å²) in [4.78, 5) is 43.7. The molecular weight excluding hydrogens is 569 g/mol. The summed E-state index contributed by atoms with van der Waals surface area (Å²) in [7, 11) is 0. The van der Waals surface area contributed by atoms with Crippen molar-refractivity contribution < 1.29 is 33.7 Å². The van der Waals surface area contributed by atoms with E-state index in [9.17, 15) is 19.5 Å². The number of alkyl halides is 2. The summed E-state index contributed by atoms with van der Waals surface area (Å²) in [6, 6.07) is 6.94. The van der Waals surface area contributed by atoms with Crippen LogP contribution < -0.4 is 4.90 Å². The van der Waals surface area contributed by atoms with Gasteiger partial charge in [-0.2, -0.15) is 0 Å². The monoisotopic (exact) mass is 605 g/mol. The second kappa shape index (κ2) is 10.2. The predicted octanol–water partition coefficient (Wildman–Crippen LogP) is 4.34. The predicted molar refractivity (Wildman–Crippen MR) is 153 cm³/mol. The number of halogens is 2. The molecule has 2 aliphatic heterocycles. The van der Waals surface area contributed by atoms with Crippen LogP contribution in [0.5, 0.6) is 0 Å². The molecule has 3 saturated carbocycles. The number of esters is 2. The van der Waals surface area contributed by atoms with Crippen molar-refractivity contribution in [2.75, 3.05) is 36.4 Å². The first-order chi connectivity index (χ1) is 19.5. The number of hydrogen-bond acceptors (Lipinski definition) is 8. The summed E-state index contributed by atoms with van der Waals surface area (Å²) in [5, 5.41) is 11.1. The van der Waals surface area contributed by atoms with Crippen LogP contribution in [-0.4, -0.2) is 72.8 Å². The molecule has 2 saturated heterocycles. The lowest BCUT2D eigenvalue weighted by molar-refractivity contribution is -0.249. The van der Waals surface area contributed by atoms with Gasteiger partial charge in [0.15, 0.2) is 17.5 Å². The molecule has 0 unspecified atom stereocenters. The van der Waals surface area contributed by atoms with Crippen molar-refractivity contribution in [3.05, 3.63) is 42.0 Å². The molecule has 0 aromatic heterocycles. The third kappa shape index (κ3) is 3.96. The van der Waals surface area contributed by atoms with E-state index in [2.05, 4.69) is 20.4 Å². The van der Waals surface area contributed by atoms with Crippen LogP contribution in [-0.2, 0) is 23.8 Å². The number of benzene rings is 1. The highest BCUT2D eigenvalue weighted by Crippen LogP contribution is 2.71. The molecule has 2 heterocycles. The van der Waals surface area contributed by atoms with E-state index in [1.165, 1.54) is 0 Å². The van der Waals surface area contributed by atoms with Crippen molar-refractivity contribution in [1.82, 2.24) is 0 Å². The van der Waals surface area contributed by atoms with Gasteiger partial charge in [-0.1, -0.05) is 20.4 Å². The minimum atomic E-state index is -1.71. The summed E-state index contributed by atoms with van der Waals surface area (Å²) in [6.07, 6.45) is -0.0694. The number of fused-ring (bicyclic) bond motifs is 1. The van der Waals surface area contributed by atoms with E-state index in [1.54, 1.807) is 24.3 Å². The number of aliphatic hydroxyl groups excluding tert-OH is 1. The van der Waals surface area contributed by atoms with Gasteiger partial charge in [0.2, 0.25) is 0 Å². The third-order valence-corrected chi connectivity index (χ3v) is 11.1. The highest BCUT2D eigenvalue weighted by atomic mass is 35.5. The molecule has 1 aromatic rings. The number of carbonyl (C=O) groups is 3. The van der Waals surface area contributed by atoms with Gasteiger partial charge < -0.3 is 24.2 Å². The van der Waals surface area contributed by atoms with Gasteiger partial charge in [-0.15, -0.1) is 23.2 Å². The lowest BCUT2D eigenvalue weighted by atomic mass is 9.43. The number of ketones is 1. The number of hydrogen-bond donors (Lipinski definition) is 1. The Bertz CT molecular complexity index is 1260. The van der Waals surface area contributed by atoms with E-state index in [1.807, 2.05) is 4.90 Å². The molecule has 1 N–H and O–H groups in total. The quantitative estimate of drug-likeness (QED) is 0.212. The van der Waals surface area contributed by atoms with Crippen LogP contribution in [0.3, 0.4) is 0 Å². The fraction of sp³-hybridized carbons (Fsp3) is 0.645. The summed E-state index contributed by atoms with van der Waals surface area (Å²) in [5.74, 6) is -2.12. The largest absolute Gasteiger partial charge is 0.461 e. The molecule has 41 heavy (non-hydrogen) atoms. The van der Waals surface area contributed by atoms with Crippen molar-refractivity contribution in [1.29, 1.82) is 0 Å². The van der Waals surface area contributed by atoms with E-state index < -0.39 is 58.9 Å². The Labute approximate surface area is 250 Å². The van der Waals surface area contributed by atoms with Gasteiger partial charge in [0.1, 0.15) is 12.2 Å². The summed E-state index contributed by atoms with van der Waals surface area (Å²) in [6.45, 7) is 9.66. The minimum Gasteiger partial charge on any atom is -0.461 e. The molecular formula is C31H37Cl2NO7. The third-order valence-electron chi connectivity index (χ3n) is 10.8. The lowest BCUT2D eigenvalue weighted by Gasteiger charge is -2.62. The van der Waals surface area contributed by atoms with Gasteiger partial charge in [-0.3, -0.25) is 9.59 Å². The molecule has 2 spiro atoms. The molecule has 8 nitrogen and oxygen atoms in total. The van der Waals surface area contributed by atoms with Gasteiger partial charge in [-0.25, -0.2) is 4.79 Å². The van der Waals surface area contributed by atoms with E-state index in [0.29, 0.717) is 55.2 Å². The highest BCUT2D eigenvalue weighted by Gasteiger charge is 2.81. The Morgan fingerprint density at radius 2 is 1.80 bits per heavy atom. The number of nitrogens with zero attached hydrogens (tertiary/aromatic N) is 1.